The van der Waals surface area contributed by atoms with Crippen molar-refractivity contribution in [3.63, 3.8) is 0 Å². The van der Waals surface area contributed by atoms with Crippen LogP contribution in [0.3, 0.4) is 0 Å². The third-order valence-corrected chi connectivity index (χ3v) is 2.91. The summed E-state index contributed by atoms with van der Waals surface area (Å²) < 4.78 is 41.2. The van der Waals surface area contributed by atoms with E-state index >= 15 is 0 Å². The molecular formula is C15H11F3O2. The Morgan fingerprint density at radius 2 is 1.65 bits per heavy atom. The molecule has 0 atom stereocenters. The summed E-state index contributed by atoms with van der Waals surface area (Å²) in [6.45, 7) is 1.68. The molecule has 0 fully saturated rings. The first-order valence-electron chi connectivity index (χ1n) is 5.82. The third-order valence-electron chi connectivity index (χ3n) is 2.91. The van der Waals surface area contributed by atoms with E-state index in [1.807, 2.05) is 0 Å². The van der Waals surface area contributed by atoms with Crippen LogP contribution in [0.4, 0.5) is 13.2 Å². The first kappa shape index (κ1) is 14.1. The van der Waals surface area contributed by atoms with Crippen molar-refractivity contribution in [1.82, 2.24) is 0 Å². The minimum absolute atomic E-state index is 0.286. The number of benzene rings is 2. The molecule has 0 heterocycles. The maximum absolute atomic E-state index is 12.4. The zero-order valence-corrected chi connectivity index (χ0v) is 10.6. The van der Waals surface area contributed by atoms with Gasteiger partial charge in [0, 0.05) is 11.1 Å². The van der Waals surface area contributed by atoms with Gasteiger partial charge in [-0.25, -0.2) is 0 Å². The molecule has 2 rings (SSSR count). The monoisotopic (exact) mass is 280 g/mol. The Kier molecular flexibility index (Phi) is 3.79. The molecule has 2 nitrogen and oxygen atoms in total. The lowest BCUT2D eigenvalue weighted by molar-refractivity contribution is -0.274. The van der Waals surface area contributed by atoms with Gasteiger partial charge in [-0.05, 0) is 24.1 Å². The Balaban J connectivity index is 2.56. The van der Waals surface area contributed by atoms with Gasteiger partial charge in [0.2, 0.25) is 0 Å². The largest absolute Gasteiger partial charge is 0.573 e. The summed E-state index contributed by atoms with van der Waals surface area (Å²) in [5.41, 5.74) is 1.88. The first-order valence-corrected chi connectivity index (χ1v) is 5.82. The molecule has 0 aliphatic heterocycles. The van der Waals surface area contributed by atoms with Crippen molar-refractivity contribution in [3.05, 3.63) is 53.6 Å². The van der Waals surface area contributed by atoms with Gasteiger partial charge in [-0.15, -0.1) is 13.2 Å². The van der Waals surface area contributed by atoms with Crippen molar-refractivity contribution >= 4 is 6.29 Å². The molecule has 0 bridgehead atoms. The summed E-state index contributed by atoms with van der Waals surface area (Å²) in [5, 5.41) is 0. The van der Waals surface area contributed by atoms with E-state index in [1.165, 1.54) is 18.2 Å². The second-order valence-electron chi connectivity index (χ2n) is 4.18. The highest BCUT2D eigenvalue weighted by Gasteiger charge is 2.32. The van der Waals surface area contributed by atoms with Crippen LogP contribution in [-0.2, 0) is 0 Å². The van der Waals surface area contributed by atoms with E-state index in [4.69, 9.17) is 0 Å². The van der Waals surface area contributed by atoms with E-state index in [1.54, 1.807) is 31.2 Å². The van der Waals surface area contributed by atoms with Gasteiger partial charge in [0.25, 0.3) is 0 Å². The number of hydrogen-bond acceptors (Lipinski definition) is 2. The SMILES string of the molecule is Cc1c(C=O)cccc1-c1ccccc1OC(F)(F)F. The maximum Gasteiger partial charge on any atom is 0.573 e. The number of ether oxygens (including phenoxy) is 1. The number of aldehydes is 1. The lowest BCUT2D eigenvalue weighted by Gasteiger charge is -2.15. The van der Waals surface area contributed by atoms with Crippen molar-refractivity contribution in [3.8, 4) is 16.9 Å². The highest BCUT2D eigenvalue weighted by atomic mass is 19.4. The Morgan fingerprint density at radius 1 is 1.00 bits per heavy atom. The van der Waals surface area contributed by atoms with Crippen LogP contribution in [0.15, 0.2) is 42.5 Å². The number of rotatable bonds is 3. The minimum atomic E-state index is -4.76. The van der Waals surface area contributed by atoms with Gasteiger partial charge in [0.15, 0.2) is 0 Å². The van der Waals surface area contributed by atoms with Crippen LogP contribution < -0.4 is 4.74 Å². The molecule has 0 radical (unpaired) electrons. The minimum Gasteiger partial charge on any atom is -0.405 e. The van der Waals surface area contributed by atoms with Crippen molar-refractivity contribution < 1.29 is 22.7 Å². The fraction of sp³-hybridized carbons (Fsp3) is 0.133. The van der Waals surface area contributed by atoms with E-state index in [9.17, 15) is 18.0 Å². The second kappa shape index (κ2) is 5.36. The van der Waals surface area contributed by atoms with Crippen LogP contribution in [0.25, 0.3) is 11.1 Å². The zero-order valence-electron chi connectivity index (χ0n) is 10.6. The molecule has 0 amide bonds. The van der Waals surface area contributed by atoms with Crippen LogP contribution in [0.2, 0.25) is 0 Å². The lowest BCUT2D eigenvalue weighted by atomic mass is 9.96. The van der Waals surface area contributed by atoms with Crippen molar-refractivity contribution in [2.24, 2.45) is 0 Å². The van der Waals surface area contributed by atoms with Crippen LogP contribution in [0, 0.1) is 6.92 Å². The van der Waals surface area contributed by atoms with Gasteiger partial charge >= 0.3 is 6.36 Å². The highest BCUT2D eigenvalue weighted by Crippen LogP contribution is 2.35. The Bertz CT molecular complexity index is 633. The summed E-state index contributed by atoms with van der Waals surface area (Å²) in [6.07, 6.45) is -4.08. The van der Waals surface area contributed by atoms with Crippen LogP contribution in [-0.4, -0.2) is 12.6 Å². The molecule has 0 aliphatic rings. The normalized spacial score (nSPS) is 11.2. The lowest BCUT2D eigenvalue weighted by Crippen LogP contribution is -2.17. The molecule has 2 aromatic carbocycles. The fourth-order valence-corrected chi connectivity index (χ4v) is 1.98. The van der Waals surface area contributed by atoms with Gasteiger partial charge in [0.1, 0.15) is 12.0 Å². The number of para-hydroxylation sites is 1. The maximum atomic E-state index is 12.4. The Morgan fingerprint density at radius 3 is 2.30 bits per heavy atom. The molecule has 0 saturated heterocycles. The standard InChI is InChI=1S/C15H11F3O2/c1-10-11(9-19)5-4-7-12(10)13-6-2-3-8-14(13)20-15(16,17)18/h2-9H,1H3. The van der Waals surface area contributed by atoms with E-state index < -0.39 is 6.36 Å². The summed E-state index contributed by atoms with van der Waals surface area (Å²) in [6, 6.07) is 10.7. The number of carbonyl (C=O) groups excluding carboxylic acids is 1. The predicted octanol–water partition coefficient (Wildman–Crippen LogP) is 4.37. The average molecular weight is 280 g/mol. The van der Waals surface area contributed by atoms with Crippen molar-refractivity contribution in [2.45, 2.75) is 13.3 Å². The predicted molar refractivity (Wildman–Crippen MR) is 68.7 cm³/mol. The van der Waals surface area contributed by atoms with E-state index in [0.717, 1.165) is 0 Å². The summed E-state index contributed by atoms with van der Waals surface area (Å²) in [5.74, 6) is -0.286. The van der Waals surface area contributed by atoms with Gasteiger partial charge < -0.3 is 4.74 Å². The summed E-state index contributed by atoms with van der Waals surface area (Å²) in [7, 11) is 0. The topological polar surface area (TPSA) is 26.3 Å². The number of alkyl halides is 3. The Labute approximate surface area is 113 Å². The average Bonchev–Trinajstić information content (AvgIpc) is 2.38. The second-order valence-corrected chi connectivity index (χ2v) is 4.18. The molecule has 0 aliphatic carbocycles. The third kappa shape index (κ3) is 2.99. The number of carbonyl (C=O) groups is 1. The van der Waals surface area contributed by atoms with Gasteiger partial charge in [0.05, 0.1) is 0 Å². The highest BCUT2D eigenvalue weighted by molar-refractivity contribution is 5.84. The molecule has 2 aromatic rings. The van der Waals surface area contributed by atoms with E-state index in [0.29, 0.717) is 28.5 Å². The molecule has 20 heavy (non-hydrogen) atoms. The fourth-order valence-electron chi connectivity index (χ4n) is 1.98. The quantitative estimate of drug-likeness (QED) is 0.780. The molecule has 104 valence electrons. The zero-order chi connectivity index (χ0) is 14.8. The molecule has 0 spiro atoms. The van der Waals surface area contributed by atoms with Gasteiger partial charge in [-0.1, -0.05) is 36.4 Å². The molecule has 0 N–H and O–H groups in total. The molecule has 0 unspecified atom stereocenters. The van der Waals surface area contributed by atoms with Crippen LogP contribution in [0.1, 0.15) is 15.9 Å². The van der Waals surface area contributed by atoms with Gasteiger partial charge in [-0.2, -0.15) is 0 Å². The number of halogens is 3. The van der Waals surface area contributed by atoms with Crippen molar-refractivity contribution in [1.29, 1.82) is 0 Å². The van der Waals surface area contributed by atoms with Crippen molar-refractivity contribution in [2.75, 3.05) is 0 Å². The number of hydrogen-bond donors (Lipinski definition) is 0. The van der Waals surface area contributed by atoms with Gasteiger partial charge in [-0.3, -0.25) is 4.79 Å². The summed E-state index contributed by atoms with van der Waals surface area (Å²) in [4.78, 5) is 10.9. The molecule has 0 aromatic heterocycles. The smallest absolute Gasteiger partial charge is 0.405 e. The summed E-state index contributed by atoms with van der Waals surface area (Å²) >= 11 is 0. The van der Waals surface area contributed by atoms with Crippen LogP contribution in [0.5, 0.6) is 5.75 Å². The molecule has 0 saturated carbocycles. The molecular weight excluding hydrogens is 269 g/mol. The Hall–Kier alpha value is -2.30. The van der Waals surface area contributed by atoms with Crippen LogP contribution >= 0.6 is 0 Å². The first-order chi connectivity index (χ1) is 9.42. The van der Waals surface area contributed by atoms with E-state index in [-0.39, 0.29) is 5.75 Å². The van der Waals surface area contributed by atoms with E-state index in [2.05, 4.69) is 4.74 Å². The molecule has 5 heteroatoms.